The lowest BCUT2D eigenvalue weighted by molar-refractivity contribution is -0.144. The number of rotatable bonds is 17. The summed E-state index contributed by atoms with van der Waals surface area (Å²) in [5.41, 5.74) is 6.23. The number of nitrogens with one attached hydrogen (secondary N) is 4. The van der Waals surface area contributed by atoms with Crippen molar-refractivity contribution < 1.29 is 44.1 Å². The summed E-state index contributed by atoms with van der Waals surface area (Å²) in [5, 5.41) is 34.3. The molecule has 15 heteroatoms. The molecule has 1 aromatic rings. The van der Waals surface area contributed by atoms with Crippen molar-refractivity contribution in [1.82, 2.24) is 25.9 Å². The molecule has 37 heavy (non-hydrogen) atoms. The van der Waals surface area contributed by atoms with Crippen molar-refractivity contribution in [3.05, 3.63) is 18.2 Å². The Morgan fingerprint density at radius 2 is 1.51 bits per heavy atom. The average Bonchev–Trinajstić information content (AvgIpc) is 3.34. The van der Waals surface area contributed by atoms with Crippen molar-refractivity contribution in [2.45, 2.75) is 76.5 Å². The number of carbonyl (C=O) groups excluding carboxylic acids is 3. The normalized spacial score (nSPS) is 14.9. The number of nitrogens with two attached hydrogens (primary N) is 1. The minimum absolute atomic E-state index is 0.0611. The first-order valence-electron chi connectivity index (χ1n) is 11.7. The summed E-state index contributed by atoms with van der Waals surface area (Å²) in [4.78, 5) is 78.4. The zero-order valence-corrected chi connectivity index (χ0v) is 20.6. The van der Waals surface area contributed by atoms with E-state index in [4.69, 9.17) is 15.9 Å². The van der Waals surface area contributed by atoms with Gasteiger partial charge in [0, 0.05) is 31.2 Å². The molecule has 1 heterocycles. The van der Waals surface area contributed by atoms with Crippen LogP contribution in [0.5, 0.6) is 0 Å². The van der Waals surface area contributed by atoms with Crippen LogP contribution in [-0.2, 0) is 35.2 Å². The molecule has 0 aromatic carbocycles. The van der Waals surface area contributed by atoms with Crippen LogP contribution in [0.15, 0.2) is 12.5 Å². The third kappa shape index (κ3) is 11.1. The van der Waals surface area contributed by atoms with Gasteiger partial charge in [0.2, 0.25) is 17.7 Å². The number of carboxylic acids is 3. The van der Waals surface area contributed by atoms with E-state index in [0.717, 1.165) is 0 Å². The summed E-state index contributed by atoms with van der Waals surface area (Å²) in [6.45, 7) is 3.41. The highest BCUT2D eigenvalue weighted by Gasteiger charge is 2.33. The number of aromatic nitrogens is 2. The molecule has 0 aliphatic rings. The number of nitrogens with zero attached hydrogens (tertiary/aromatic N) is 1. The molecule has 0 spiro atoms. The third-order valence-electron chi connectivity index (χ3n) is 5.67. The molecular weight excluding hydrogens is 492 g/mol. The first-order valence-corrected chi connectivity index (χ1v) is 11.7. The van der Waals surface area contributed by atoms with Crippen LogP contribution in [-0.4, -0.2) is 85.1 Å². The molecule has 5 atom stereocenters. The van der Waals surface area contributed by atoms with E-state index in [0.29, 0.717) is 12.1 Å². The highest BCUT2D eigenvalue weighted by molar-refractivity contribution is 5.94. The van der Waals surface area contributed by atoms with E-state index in [9.17, 15) is 33.9 Å². The second-order valence-corrected chi connectivity index (χ2v) is 8.58. The maximum absolute atomic E-state index is 13.2. The number of carboxylic acid groups (broad SMARTS) is 3. The van der Waals surface area contributed by atoms with Crippen molar-refractivity contribution >= 4 is 35.6 Å². The molecule has 0 radical (unpaired) electrons. The zero-order valence-electron chi connectivity index (χ0n) is 20.6. The number of hydrogen-bond donors (Lipinski definition) is 8. The second kappa shape index (κ2) is 15.2. The van der Waals surface area contributed by atoms with Gasteiger partial charge in [0.15, 0.2) is 0 Å². The smallest absolute Gasteiger partial charge is 0.326 e. The SMILES string of the molecule is CCC(C)C(NC(=O)C(Cc1cnc[nH]1)NC(=O)C(N)CCC(=O)O)C(=O)NC(CCC(=O)O)C(=O)O. The minimum atomic E-state index is -1.49. The highest BCUT2D eigenvalue weighted by Crippen LogP contribution is 2.11. The second-order valence-electron chi connectivity index (χ2n) is 8.58. The quantitative estimate of drug-likeness (QED) is 0.117. The molecule has 1 aromatic heterocycles. The van der Waals surface area contributed by atoms with Crippen LogP contribution < -0.4 is 21.7 Å². The molecule has 9 N–H and O–H groups in total. The maximum atomic E-state index is 13.2. The predicted molar refractivity (Wildman–Crippen MR) is 127 cm³/mol. The lowest BCUT2D eigenvalue weighted by atomic mass is 9.96. The van der Waals surface area contributed by atoms with Gasteiger partial charge in [0.05, 0.1) is 12.4 Å². The first kappa shape index (κ1) is 31.0. The number of aliphatic carboxylic acids is 3. The molecular formula is C22H34N6O9. The van der Waals surface area contributed by atoms with Gasteiger partial charge >= 0.3 is 17.9 Å². The molecule has 15 nitrogen and oxygen atoms in total. The topological polar surface area (TPSA) is 254 Å². The Balaban J connectivity index is 3.06. The Bertz CT molecular complexity index is 952. The number of imidazole rings is 1. The fourth-order valence-electron chi connectivity index (χ4n) is 3.26. The molecule has 0 aliphatic heterocycles. The molecule has 0 saturated heterocycles. The van der Waals surface area contributed by atoms with E-state index >= 15 is 0 Å². The monoisotopic (exact) mass is 526 g/mol. The molecule has 206 valence electrons. The van der Waals surface area contributed by atoms with Gasteiger partial charge in [-0.05, 0) is 18.8 Å². The fraction of sp³-hybridized carbons (Fsp3) is 0.591. The van der Waals surface area contributed by atoms with E-state index in [2.05, 4.69) is 25.9 Å². The Morgan fingerprint density at radius 1 is 0.919 bits per heavy atom. The Morgan fingerprint density at radius 3 is 2.03 bits per heavy atom. The van der Waals surface area contributed by atoms with Crippen molar-refractivity contribution in [2.24, 2.45) is 11.7 Å². The Kier molecular flexibility index (Phi) is 12.7. The standard InChI is InChI=1S/C22H34N6O9/c1-3-11(2)18(21(35)26-14(22(36)37)5-7-17(31)32)28-20(34)15(8-12-9-24-10-25-12)27-19(33)13(23)4-6-16(29)30/h9-11,13-15,18H,3-8,23H2,1-2H3,(H,24,25)(H,26,35)(H,27,33)(H,28,34)(H,29,30)(H,31,32)(H,36,37). The van der Waals surface area contributed by atoms with Gasteiger partial charge in [0.25, 0.3) is 0 Å². The highest BCUT2D eigenvalue weighted by atomic mass is 16.4. The van der Waals surface area contributed by atoms with E-state index < -0.39 is 72.1 Å². The van der Waals surface area contributed by atoms with Crippen LogP contribution in [0.3, 0.4) is 0 Å². The number of H-pyrrole nitrogens is 1. The molecule has 0 fully saturated rings. The van der Waals surface area contributed by atoms with Crippen LogP contribution in [0.2, 0.25) is 0 Å². The summed E-state index contributed by atoms with van der Waals surface area (Å²) in [7, 11) is 0. The zero-order chi connectivity index (χ0) is 28.1. The third-order valence-corrected chi connectivity index (χ3v) is 5.67. The number of aromatic amines is 1. The average molecular weight is 527 g/mol. The van der Waals surface area contributed by atoms with Gasteiger partial charge in [-0.3, -0.25) is 24.0 Å². The first-order chi connectivity index (χ1) is 17.3. The summed E-state index contributed by atoms with van der Waals surface area (Å²) in [5.74, 6) is -6.63. The van der Waals surface area contributed by atoms with Crippen LogP contribution in [0.25, 0.3) is 0 Å². The van der Waals surface area contributed by atoms with Gasteiger partial charge in [-0.1, -0.05) is 20.3 Å². The molecule has 0 bridgehead atoms. The molecule has 3 amide bonds. The van der Waals surface area contributed by atoms with Gasteiger partial charge < -0.3 is 42.0 Å². The largest absolute Gasteiger partial charge is 0.481 e. The summed E-state index contributed by atoms with van der Waals surface area (Å²) < 4.78 is 0. The van der Waals surface area contributed by atoms with Gasteiger partial charge in [0.1, 0.15) is 18.1 Å². The number of amides is 3. The minimum Gasteiger partial charge on any atom is -0.481 e. The molecule has 0 aliphatic carbocycles. The maximum Gasteiger partial charge on any atom is 0.326 e. The predicted octanol–water partition coefficient (Wildman–Crippen LogP) is -1.41. The van der Waals surface area contributed by atoms with Gasteiger partial charge in [-0.2, -0.15) is 0 Å². The summed E-state index contributed by atoms with van der Waals surface area (Å²) in [6, 6.07) is -5.12. The molecule has 1 rings (SSSR count). The fourth-order valence-corrected chi connectivity index (χ4v) is 3.26. The van der Waals surface area contributed by atoms with Crippen molar-refractivity contribution in [2.75, 3.05) is 0 Å². The summed E-state index contributed by atoms with van der Waals surface area (Å²) in [6.07, 6.45) is 1.79. The van der Waals surface area contributed by atoms with Gasteiger partial charge in [-0.15, -0.1) is 0 Å². The number of hydrogen-bond acceptors (Lipinski definition) is 8. The molecule has 5 unspecified atom stereocenters. The van der Waals surface area contributed by atoms with Crippen LogP contribution in [0.4, 0.5) is 0 Å². The van der Waals surface area contributed by atoms with Gasteiger partial charge in [-0.25, -0.2) is 9.78 Å². The van der Waals surface area contributed by atoms with Crippen molar-refractivity contribution in [3.8, 4) is 0 Å². The van der Waals surface area contributed by atoms with E-state index in [1.165, 1.54) is 12.5 Å². The summed E-state index contributed by atoms with van der Waals surface area (Å²) >= 11 is 0. The van der Waals surface area contributed by atoms with Crippen LogP contribution >= 0.6 is 0 Å². The Labute approximate surface area is 212 Å². The van der Waals surface area contributed by atoms with E-state index in [1.54, 1.807) is 13.8 Å². The van der Waals surface area contributed by atoms with E-state index in [1.807, 2.05) is 0 Å². The number of carbonyl (C=O) groups is 6. The molecule has 0 saturated carbocycles. The Hall–Kier alpha value is -4.01. The van der Waals surface area contributed by atoms with E-state index in [-0.39, 0.29) is 25.7 Å². The van der Waals surface area contributed by atoms with Crippen LogP contribution in [0.1, 0.15) is 51.6 Å². The lowest BCUT2D eigenvalue weighted by Crippen LogP contribution is -2.59. The lowest BCUT2D eigenvalue weighted by Gasteiger charge is -2.28. The van der Waals surface area contributed by atoms with Crippen LogP contribution in [0, 0.1) is 5.92 Å². The van der Waals surface area contributed by atoms with Crippen molar-refractivity contribution in [1.29, 1.82) is 0 Å². The van der Waals surface area contributed by atoms with Crippen molar-refractivity contribution in [3.63, 3.8) is 0 Å².